The lowest BCUT2D eigenvalue weighted by Crippen LogP contribution is -2.42. The van der Waals surface area contributed by atoms with E-state index in [1.54, 1.807) is 0 Å². The molecule has 2 aliphatic rings. The van der Waals surface area contributed by atoms with E-state index in [2.05, 4.69) is 4.90 Å². The van der Waals surface area contributed by atoms with Crippen molar-refractivity contribution >= 4 is 5.91 Å². The van der Waals surface area contributed by atoms with Crippen molar-refractivity contribution in [2.24, 2.45) is 0 Å². The summed E-state index contributed by atoms with van der Waals surface area (Å²) < 4.78 is 0. The van der Waals surface area contributed by atoms with Gasteiger partial charge in [0.05, 0.1) is 13.2 Å². The normalized spacial score (nSPS) is 21.6. The smallest absolute Gasteiger partial charge is 0.236 e. The summed E-state index contributed by atoms with van der Waals surface area (Å²) in [5.41, 5.74) is 0. The SMILES string of the molecule is O=C(CN(CCO)C1CC1)N1CCCCCC1. The molecular formula is C13H24N2O2. The molecule has 0 atom stereocenters. The zero-order valence-electron chi connectivity index (χ0n) is 10.6. The number of hydrogen-bond donors (Lipinski definition) is 1. The molecule has 1 N–H and O–H groups in total. The summed E-state index contributed by atoms with van der Waals surface area (Å²) in [6, 6.07) is 0.554. The summed E-state index contributed by atoms with van der Waals surface area (Å²) in [6.07, 6.45) is 7.18. The van der Waals surface area contributed by atoms with E-state index >= 15 is 0 Å². The molecule has 0 bridgehead atoms. The van der Waals surface area contributed by atoms with Crippen molar-refractivity contribution in [3.63, 3.8) is 0 Å². The van der Waals surface area contributed by atoms with E-state index < -0.39 is 0 Å². The molecule has 1 aliphatic heterocycles. The highest BCUT2D eigenvalue weighted by Crippen LogP contribution is 2.26. The third kappa shape index (κ3) is 3.96. The molecule has 0 aromatic carbocycles. The van der Waals surface area contributed by atoms with Gasteiger partial charge in [0.1, 0.15) is 0 Å². The van der Waals surface area contributed by atoms with Gasteiger partial charge in [-0.05, 0) is 25.7 Å². The molecule has 1 heterocycles. The largest absolute Gasteiger partial charge is 0.395 e. The average Bonchev–Trinajstić information content (AvgIpc) is 3.15. The van der Waals surface area contributed by atoms with Crippen molar-refractivity contribution in [3.05, 3.63) is 0 Å². The first kappa shape index (κ1) is 12.8. The molecule has 1 amide bonds. The molecule has 0 spiro atoms. The van der Waals surface area contributed by atoms with Crippen LogP contribution in [0.2, 0.25) is 0 Å². The number of likely N-dealkylation sites (tertiary alicyclic amines) is 1. The van der Waals surface area contributed by atoms with Crippen LogP contribution in [0, 0.1) is 0 Å². The van der Waals surface area contributed by atoms with Gasteiger partial charge in [-0.1, -0.05) is 12.8 Å². The number of carbonyl (C=O) groups excluding carboxylic acids is 1. The molecule has 0 unspecified atom stereocenters. The van der Waals surface area contributed by atoms with E-state index in [4.69, 9.17) is 5.11 Å². The molecular weight excluding hydrogens is 216 g/mol. The van der Waals surface area contributed by atoms with Crippen LogP contribution in [0.1, 0.15) is 38.5 Å². The first-order chi connectivity index (χ1) is 8.31. The minimum atomic E-state index is 0.157. The Morgan fingerprint density at radius 1 is 1.18 bits per heavy atom. The van der Waals surface area contributed by atoms with Crippen LogP contribution in [-0.2, 0) is 4.79 Å². The van der Waals surface area contributed by atoms with E-state index in [0.29, 0.717) is 19.1 Å². The molecule has 1 saturated heterocycles. The molecule has 4 nitrogen and oxygen atoms in total. The van der Waals surface area contributed by atoms with Gasteiger partial charge in [-0.2, -0.15) is 0 Å². The Hall–Kier alpha value is -0.610. The van der Waals surface area contributed by atoms with Crippen molar-refractivity contribution in [3.8, 4) is 0 Å². The third-order valence-electron chi connectivity index (χ3n) is 3.75. The summed E-state index contributed by atoms with van der Waals surface area (Å²) in [5, 5.41) is 9.01. The highest BCUT2D eigenvalue weighted by molar-refractivity contribution is 5.78. The van der Waals surface area contributed by atoms with Crippen LogP contribution in [0.25, 0.3) is 0 Å². The first-order valence-corrected chi connectivity index (χ1v) is 6.94. The van der Waals surface area contributed by atoms with Gasteiger partial charge in [0.2, 0.25) is 5.91 Å². The molecule has 0 aromatic heterocycles. The Kier molecular flexibility index (Phi) is 4.80. The fourth-order valence-corrected chi connectivity index (χ4v) is 2.55. The van der Waals surface area contributed by atoms with E-state index in [1.165, 1.54) is 25.7 Å². The molecule has 0 radical (unpaired) electrons. The zero-order valence-corrected chi connectivity index (χ0v) is 10.6. The van der Waals surface area contributed by atoms with Crippen LogP contribution < -0.4 is 0 Å². The van der Waals surface area contributed by atoms with Gasteiger partial charge in [0.25, 0.3) is 0 Å². The highest BCUT2D eigenvalue weighted by Gasteiger charge is 2.30. The van der Waals surface area contributed by atoms with Crippen molar-refractivity contribution in [2.75, 3.05) is 32.8 Å². The Labute approximate surface area is 104 Å². The second-order valence-corrected chi connectivity index (χ2v) is 5.22. The van der Waals surface area contributed by atoms with E-state index in [1.807, 2.05) is 4.90 Å². The molecule has 4 heteroatoms. The Morgan fingerprint density at radius 2 is 1.82 bits per heavy atom. The van der Waals surface area contributed by atoms with Crippen LogP contribution in [0.5, 0.6) is 0 Å². The maximum absolute atomic E-state index is 12.2. The maximum Gasteiger partial charge on any atom is 0.236 e. The quantitative estimate of drug-likeness (QED) is 0.774. The van der Waals surface area contributed by atoms with Crippen molar-refractivity contribution in [1.29, 1.82) is 0 Å². The average molecular weight is 240 g/mol. The van der Waals surface area contributed by atoms with Crippen LogP contribution in [0.3, 0.4) is 0 Å². The van der Waals surface area contributed by atoms with Gasteiger partial charge in [0, 0.05) is 25.7 Å². The van der Waals surface area contributed by atoms with Crippen LogP contribution in [0.15, 0.2) is 0 Å². The van der Waals surface area contributed by atoms with Gasteiger partial charge in [-0.25, -0.2) is 0 Å². The van der Waals surface area contributed by atoms with Gasteiger partial charge in [0.15, 0.2) is 0 Å². The lowest BCUT2D eigenvalue weighted by atomic mass is 10.2. The predicted octanol–water partition coefficient (Wildman–Crippen LogP) is 0.846. The molecule has 1 aliphatic carbocycles. The second-order valence-electron chi connectivity index (χ2n) is 5.22. The molecule has 2 rings (SSSR count). The maximum atomic E-state index is 12.2. The Morgan fingerprint density at radius 3 is 2.35 bits per heavy atom. The van der Waals surface area contributed by atoms with Crippen molar-refractivity contribution < 1.29 is 9.90 Å². The molecule has 17 heavy (non-hydrogen) atoms. The standard InChI is InChI=1S/C13H24N2O2/c16-10-9-15(12-5-6-12)11-13(17)14-7-3-1-2-4-8-14/h12,16H,1-11H2. The summed E-state index contributed by atoms with van der Waals surface area (Å²) in [5.74, 6) is 0.257. The number of rotatable bonds is 5. The number of carbonyl (C=O) groups is 1. The number of hydrogen-bond acceptors (Lipinski definition) is 3. The lowest BCUT2D eigenvalue weighted by Gasteiger charge is -2.26. The molecule has 2 fully saturated rings. The van der Waals surface area contributed by atoms with Gasteiger partial charge >= 0.3 is 0 Å². The highest BCUT2D eigenvalue weighted by atomic mass is 16.3. The number of nitrogens with zero attached hydrogens (tertiary/aromatic N) is 2. The molecule has 1 saturated carbocycles. The topological polar surface area (TPSA) is 43.8 Å². The summed E-state index contributed by atoms with van der Waals surface area (Å²) >= 11 is 0. The number of aliphatic hydroxyl groups excluding tert-OH is 1. The Bertz CT molecular complexity index is 246. The van der Waals surface area contributed by atoms with Gasteiger partial charge in [-0.15, -0.1) is 0 Å². The fraction of sp³-hybridized carbons (Fsp3) is 0.923. The first-order valence-electron chi connectivity index (χ1n) is 6.94. The monoisotopic (exact) mass is 240 g/mol. The Balaban J connectivity index is 1.80. The van der Waals surface area contributed by atoms with Crippen LogP contribution >= 0.6 is 0 Å². The minimum absolute atomic E-state index is 0.157. The van der Waals surface area contributed by atoms with E-state index in [0.717, 1.165) is 25.9 Å². The lowest BCUT2D eigenvalue weighted by molar-refractivity contribution is -0.132. The van der Waals surface area contributed by atoms with E-state index in [-0.39, 0.29) is 12.5 Å². The fourth-order valence-electron chi connectivity index (χ4n) is 2.55. The van der Waals surface area contributed by atoms with E-state index in [9.17, 15) is 4.79 Å². The third-order valence-corrected chi connectivity index (χ3v) is 3.75. The number of amides is 1. The molecule has 0 aromatic rings. The minimum Gasteiger partial charge on any atom is -0.395 e. The van der Waals surface area contributed by atoms with Crippen molar-refractivity contribution in [2.45, 2.75) is 44.6 Å². The van der Waals surface area contributed by atoms with Crippen molar-refractivity contribution in [1.82, 2.24) is 9.80 Å². The predicted molar refractivity (Wildman–Crippen MR) is 66.7 cm³/mol. The summed E-state index contributed by atoms with van der Waals surface area (Å²) in [7, 11) is 0. The van der Waals surface area contributed by atoms with Crippen LogP contribution in [0.4, 0.5) is 0 Å². The van der Waals surface area contributed by atoms with Gasteiger partial charge in [-0.3, -0.25) is 9.69 Å². The van der Waals surface area contributed by atoms with Gasteiger partial charge < -0.3 is 10.0 Å². The number of aliphatic hydroxyl groups is 1. The summed E-state index contributed by atoms with van der Waals surface area (Å²) in [4.78, 5) is 16.3. The molecule has 98 valence electrons. The van der Waals surface area contributed by atoms with Crippen LogP contribution in [-0.4, -0.2) is 59.6 Å². The zero-order chi connectivity index (χ0) is 12.1. The summed E-state index contributed by atoms with van der Waals surface area (Å²) in [6.45, 7) is 3.16. The second kappa shape index (κ2) is 6.36.